The van der Waals surface area contributed by atoms with Gasteiger partial charge in [0.2, 0.25) is 0 Å². The van der Waals surface area contributed by atoms with Gasteiger partial charge in [0, 0.05) is 31.9 Å². The highest BCUT2D eigenvalue weighted by atomic mass is 28.4. The Morgan fingerprint density at radius 1 is 0.923 bits per heavy atom. The van der Waals surface area contributed by atoms with Gasteiger partial charge in [0.05, 0.1) is 6.10 Å². The van der Waals surface area contributed by atoms with Crippen LogP contribution < -0.4 is 0 Å². The zero-order valence-corrected chi connectivity index (χ0v) is 18.4. The largest absolute Gasteiger partial charge is 0.500 e. The van der Waals surface area contributed by atoms with Crippen molar-refractivity contribution >= 4 is 14.8 Å². The summed E-state index contributed by atoms with van der Waals surface area (Å²) in [6, 6.07) is 0.764. The van der Waals surface area contributed by atoms with Gasteiger partial charge in [-0.15, -0.1) is 0 Å². The van der Waals surface area contributed by atoms with Crippen LogP contribution >= 0.6 is 0 Å². The van der Waals surface area contributed by atoms with Gasteiger partial charge in [0.1, 0.15) is 0 Å². The Morgan fingerprint density at radius 2 is 1.38 bits per heavy atom. The highest BCUT2D eigenvalue weighted by Crippen LogP contribution is 2.22. The number of hydrogen-bond acceptors (Lipinski definition) is 5. The van der Waals surface area contributed by atoms with E-state index in [0.29, 0.717) is 19.8 Å². The second-order valence-electron chi connectivity index (χ2n) is 6.63. The van der Waals surface area contributed by atoms with Crippen LogP contribution in [0.15, 0.2) is 12.7 Å². The van der Waals surface area contributed by atoms with Gasteiger partial charge in [-0.1, -0.05) is 46.6 Å². The number of esters is 1. The van der Waals surface area contributed by atoms with Gasteiger partial charge in [-0.05, 0) is 39.0 Å². The minimum absolute atomic E-state index is 0.144. The van der Waals surface area contributed by atoms with Crippen LogP contribution in [-0.2, 0) is 22.8 Å². The first-order chi connectivity index (χ1) is 12.5. The first kappa shape index (κ1) is 25.3. The maximum atomic E-state index is 11.3. The van der Waals surface area contributed by atoms with Crippen molar-refractivity contribution in [3.05, 3.63) is 12.7 Å². The molecule has 1 atom stereocenters. The number of hydrogen-bond donors (Lipinski definition) is 0. The van der Waals surface area contributed by atoms with Crippen LogP contribution in [0.3, 0.4) is 0 Å². The van der Waals surface area contributed by atoms with Gasteiger partial charge in [-0.2, -0.15) is 0 Å². The maximum absolute atomic E-state index is 11.3. The lowest BCUT2D eigenvalue weighted by Gasteiger charge is -2.30. The number of carbonyl (C=O) groups is 1. The van der Waals surface area contributed by atoms with Crippen molar-refractivity contribution in [2.75, 3.05) is 19.8 Å². The van der Waals surface area contributed by atoms with E-state index in [-0.39, 0.29) is 12.1 Å². The fourth-order valence-corrected chi connectivity index (χ4v) is 5.06. The molecule has 0 rings (SSSR count). The molecule has 0 saturated heterocycles. The van der Waals surface area contributed by atoms with E-state index in [1.807, 2.05) is 6.92 Å². The van der Waals surface area contributed by atoms with E-state index in [2.05, 4.69) is 27.4 Å². The fraction of sp³-hybridized carbons (Fsp3) is 0.850. The molecule has 0 aliphatic carbocycles. The Morgan fingerprint density at radius 3 is 1.77 bits per heavy atom. The second-order valence-corrected chi connectivity index (χ2v) is 9.36. The summed E-state index contributed by atoms with van der Waals surface area (Å²) >= 11 is 0. The number of ether oxygens (including phenoxy) is 1. The number of unbranched alkanes of at least 4 members (excludes halogenated alkanes) is 3. The molecule has 0 aromatic carbocycles. The lowest BCUT2D eigenvalue weighted by molar-refractivity contribution is -0.142. The van der Waals surface area contributed by atoms with Gasteiger partial charge < -0.3 is 18.0 Å². The lowest BCUT2D eigenvalue weighted by atomic mass is 10.2. The molecule has 1 unspecified atom stereocenters. The molecule has 0 N–H and O–H groups in total. The third-order valence-electron chi connectivity index (χ3n) is 4.04. The summed E-state index contributed by atoms with van der Waals surface area (Å²) in [5.41, 5.74) is 0. The van der Waals surface area contributed by atoms with Gasteiger partial charge in [0.25, 0.3) is 0 Å². The van der Waals surface area contributed by atoms with Crippen LogP contribution in [0.25, 0.3) is 0 Å². The van der Waals surface area contributed by atoms with Crippen LogP contribution in [0, 0.1) is 0 Å². The topological polar surface area (TPSA) is 54.0 Å². The van der Waals surface area contributed by atoms with Crippen molar-refractivity contribution in [3.8, 4) is 0 Å². The Balaban J connectivity index is 4.74. The third kappa shape index (κ3) is 12.6. The molecule has 0 aliphatic rings. The number of rotatable bonds is 18. The van der Waals surface area contributed by atoms with Crippen LogP contribution in [-0.4, -0.2) is 40.7 Å². The molecule has 6 heteroatoms. The normalized spacial score (nSPS) is 12.8. The minimum atomic E-state index is -2.68. The Bertz CT molecular complexity index is 336. The van der Waals surface area contributed by atoms with E-state index in [0.717, 1.165) is 57.4 Å². The van der Waals surface area contributed by atoms with E-state index >= 15 is 0 Å². The molecule has 0 spiro atoms. The van der Waals surface area contributed by atoms with E-state index in [1.54, 1.807) is 0 Å². The quantitative estimate of drug-likeness (QED) is 0.138. The number of carbonyl (C=O) groups excluding carboxylic acids is 1. The van der Waals surface area contributed by atoms with Gasteiger partial charge in [-0.3, -0.25) is 0 Å². The smallest absolute Gasteiger partial charge is 0.460 e. The molecular weight excluding hydrogens is 348 g/mol. The van der Waals surface area contributed by atoms with E-state index in [9.17, 15) is 4.79 Å². The molecule has 154 valence electrons. The molecule has 26 heavy (non-hydrogen) atoms. The summed E-state index contributed by atoms with van der Waals surface area (Å²) < 4.78 is 23.9. The molecule has 0 saturated carbocycles. The predicted octanol–water partition coefficient (Wildman–Crippen LogP) is 5.27. The summed E-state index contributed by atoms with van der Waals surface area (Å²) in [7, 11) is -2.68. The zero-order valence-electron chi connectivity index (χ0n) is 17.4. The van der Waals surface area contributed by atoms with E-state index < -0.39 is 8.80 Å². The van der Waals surface area contributed by atoms with Crippen molar-refractivity contribution in [1.29, 1.82) is 0 Å². The summed E-state index contributed by atoms with van der Waals surface area (Å²) in [5, 5.41) is 0. The van der Waals surface area contributed by atoms with E-state index in [1.165, 1.54) is 6.08 Å². The van der Waals surface area contributed by atoms with Crippen LogP contribution in [0.1, 0.15) is 79.1 Å². The molecule has 5 nitrogen and oxygen atoms in total. The van der Waals surface area contributed by atoms with E-state index in [4.69, 9.17) is 18.0 Å². The zero-order chi connectivity index (χ0) is 19.7. The van der Waals surface area contributed by atoms with Crippen LogP contribution in [0.2, 0.25) is 6.04 Å². The minimum Gasteiger partial charge on any atom is -0.460 e. The molecule has 0 aromatic heterocycles. The molecule has 0 amide bonds. The lowest BCUT2D eigenvalue weighted by Crippen LogP contribution is -2.46. The van der Waals surface area contributed by atoms with Gasteiger partial charge in [-0.25, -0.2) is 4.79 Å². The van der Waals surface area contributed by atoms with Crippen molar-refractivity contribution < 1.29 is 22.8 Å². The Kier molecular flexibility index (Phi) is 16.0. The summed E-state index contributed by atoms with van der Waals surface area (Å²) in [6.07, 6.45) is 8.96. The first-order valence-corrected chi connectivity index (χ1v) is 12.2. The third-order valence-corrected chi connectivity index (χ3v) is 6.93. The van der Waals surface area contributed by atoms with Gasteiger partial charge in [0.15, 0.2) is 0 Å². The maximum Gasteiger partial charge on any atom is 0.500 e. The molecule has 0 bridgehead atoms. The van der Waals surface area contributed by atoms with Crippen molar-refractivity contribution in [3.63, 3.8) is 0 Å². The van der Waals surface area contributed by atoms with Crippen molar-refractivity contribution in [2.45, 2.75) is 91.2 Å². The SMILES string of the molecule is C=CC(=O)OC(C)CCC[Si](OCCCC)(OCCCC)OCCCC. The highest BCUT2D eigenvalue weighted by Gasteiger charge is 2.40. The molecule has 0 fully saturated rings. The molecule has 0 heterocycles. The summed E-state index contributed by atoms with van der Waals surface area (Å²) in [4.78, 5) is 11.3. The van der Waals surface area contributed by atoms with Crippen molar-refractivity contribution in [2.24, 2.45) is 0 Å². The first-order valence-electron chi connectivity index (χ1n) is 10.3. The monoisotopic (exact) mass is 388 g/mol. The molecule has 0 radical (unpaired) electrons. The predicted molar refractivity (Wildman–Crippen MR) is 108 cm³/mol. The Labute approximate surface area is 161 Å². The Hall–Kier alpha value is -0.693. The molecular formula is C20H40O5Si. The van der Waals surface area contributed by atoms with Crippen molar-refractivity contribution in [1.82, 2.24) is 0 Å². The fourth-order valence-electron chi connectivity index (χ4n) is 2.37. The summed E-state index contributed by atoms with van der Waals surface area (Å²) in [6.45, 7) is 13.8. The average Bonchev–Trinajstić information content (AvgIpc) is 2.62. The highest BCUT2D eigenvalue weighted by molar-refractivity contribution is 6.60. The molecule has 0 aromatic rings. The average molecular weight is 389 g/mol. The summed E-state index contributed by atoms with van der Waals surface area (Å²) in [5.74, 6) is -0.376. The standard InChI is InChI=1S/C20H40O5Si/c1-6-10-15-22-26(23-16-11-7-2,24-17-12-8-3)18-13-14-19(5)25-20(21)9-4/h9,19H,4,6-8,10-18H2,1-3,5H3. The second kappa shape index (κ2) is 16.5. The molecule has 0 aliphatic heterocycles. The van der Waals surface area contributed by atoms with Crippen LogP contribution in [0.4, 0.5) is 0 Å². The van der Waals surface area contributed by atoms with Crippen LogP contribution in [0.5, 0.6) is 0 Å². The van der Waals surface area contributed by atoms with Gasteiger partial charge >= 0.3 is 14.8 Å².